The zero-order valence-electron chi connectivity index (χ0n) is 5.26. The Morgan fingerprint density at radius 3 is 1.75 bits per heavy atom. The Morgan fingerprint density at radius 2 is 1.75 bits per heavy atom. The van der Waals surface area contributed by atoms with Crippen molar-refractivity contribution in [3.8, 4) is 0 Å². The number of rotatable bonds is 3. The molecule has 50 valence electrons. The van der Waals surface area contributed by atoms with Gasteiger partial charge in [-0.15, -0.1) is 0 Å². The van der Waals surface area contributed by atoms with Crippen molar-refractivity contribution in [3.05, 3.63) is 0 Å². The average Bonchev–Trinajstić information content (AvgIpc) is 1.87. The van der Waals surface area contributed by atoms with Crippen molar-refractivity contribution in [2.75, 3.05) is 27.6 Å². The Labute approximate surface area is 48.9 Å². The van der Waals surface area contributed by atoms with E-state index in [1.54, 1.807) is 14.1 Å². The summed E-state index contributed by atoms with van der Waals surface area (Å²) in [5.74, 6) is 0. The molecule has 4 heteroatoms. The van der Waals surface area contributed by atoms with Crippen LogP contribution >= 0.6 is 0 Å². The molecule has 0 aliphatic carbocycles. The molecule has 0 rings (SSSR count). The smallest absolute Gasteiger partial charge is 0.199 e. The molecular weight excluding hydrogens is 108 g/mol. The highest BCUT2D eigenvalue weighted by atomic mass is 16.3. The summed E-state index contributed by atoms with van der Waals surface area (Å²) in [6, 6.07) is 0. The van der Waals surface area contributed by atoms with Crippen molar-refractivity contribution in [3.63, 3.8) is 0 Å². The lowest BCUT2D eigenvalue weighted by Gasteiger charge is -2.26. The lowest BCUT2D eigenvalue weighted by molar-refractivity contribution is -0.981. The normalized spacial score (nSPS) is 12.0. The molecule has 0 saturated heterocycles. The molecular formula is C4H13N2O2+. The van der Waals surface area contributed by atoms with Gasteiger partial charge in [0, 0.05) is 7.05 Å². The van der Waals surface area contributed by atoms with Gasteiger partial charge in [-0.05, 0) is 0 Å². The van der Waals surface area contributed by atoms with Gasteiger partial charge in [0.25, 0.3) is 0 Å². The maximum atomic E-state index is 8.54. The van der Waals surface area contributed by atoms with Gasteiger partial charge >= 0.3 is 0 Å². The van der Waals surface area contributed by atoms with E-state index < -0.39 is 0 Å². The Hall–Kier alpha value is -0.160. The highest BCUT2D eigenvalue weighted by Crippen LogP contribution is 1.87. The molecule has 0 aliphatic rings. The van der Waals surface area contributed by atoms with Crippen molar-refractivity contribution in [2.24, 2.45) is 0 Å². The minimum atomic E-state index is -0.104. The molecule has 0 heterocycles. The molecule has 0 spiro atoms. The van der Waals surface area contributed by atoms with E-state index in [-0.39, 0.29) is 18.1 Å². The minimum Gasteiger partial charge on any atom is -0.346 e. The maximum absolute atomic E-state index is 8.54. The summed E-state index contributed by atoms with van der Waals surface area (Å²) >= 11 is 0. The molecule has 3 N–H and O–H groups in total. The topological polar surface area (TPSA) is 52.5 Å². The van der Waals surface area contributed by atoms with Crippen molar-refractivity contribution >= 4 is 0 Å². The molecule has 8 heavy (non-hydrogen) atoms. The lowest BCUT2D eigenvalue weighted by Crippen LogP contribution is -2.54. The van der Waals surface area contributed by atoms with Crippen LogP contribution in [0.25, 0.3) is 0 Å². The van der Waals surface area contributed by atoms with Crippen LogP contribution < -0.4 is 5.43 Å². The van der Waals surface area contributed by atoms with E-state index in [1.807, 2.05) is 0 Å². The van der Waals surface area contributed by atoms with Crippen molar-refractivity contribution in [2.45, 2.75) is 0 Å². The van der Waals surface area contributed by atoms with Crippen LogP contribution in [0.1, 0.15) is 0 Å². The van der Waals surface area contributed by atoms with Crippen LogP contribution in [0, 0.1) is 0 Å². The third-order valence-electron chi connectivity index (χ3n) is 1.16. The number of nitrogens with zero attached hydrogens (tertiary/aromatic N) is 1. The molecule has 0 fully saturated rings. The fourth-order valence-corrected chi connectivity index (χ4v) is 0.186. The van der Waals surface area contributed by atoms with Crippen molar-refractivity contribution in [1.82, 2.24) is 5.43 Å². The Morgan fingerprint density at radius 1 is 1.38 bits per heavy atom. The molecule has 0 radical (unpaired) electrons. The van der Waals surface area contributed by atoms with Gasteiger partial charge in [-0.3, -0.25) is 0 Å². The molecule has 0 unspecified atom stereocenters. The van der Waals surface area contributed by atoms with Crippen LogP contribution in [0.2, 0.25) is 0 Å². The lowest BCUT2D eigenvalue weighted by atomic mass is 10.8. The summed E-state index contributed by atoms with van der Waals surface area (Å²) in [5.41, 5.74) is 2.72. The molecule has 0 aliphatic heterocycles. The van der Waals surface area contributed by atoms with Crippen LogP contribution in [-0.4, -0.2) is 42.4 Å². The summed E-state index contributed by atoms with van der Waals surface area (Å²) in [6.45, 7) is -0.208. The van der Waals surface area contributed by atoms with Gasteiger partial charge in [0.2, 0.25) is 0 Å². The number of aliphatic hydroxyl groups excluding tert-OH is 2. The van der Waals surface area contributed by atoms with E-state index in [9.17, 15) is 0 Å². The number of quaternary nitrogens is 1. The summed E-state index contributed by atoms with van der Waals surface area (Å²) in [7, 11) is 3.35. The first-order valence-electron chi connectivity index (χ1n) is 2.44. The second-order valence-electron chi connectivity index (χ2n) is 1.90. The van der Waals surface area contributed by atoms with E-state index in [0.717, 1.165) is 0 Å². The van der Waals surface area contributed by atoms with E-state index in [0.29, 0.717) is 0 Å². The Bertz CT molecular complexity index is 54.8. The van der Waals surface area contributed by atoms with E-state index in [1.165, 1.54) is 0 Å². The summed E-state index contributed by atoms with van der Waals surface area (Å²) in [6.07, 6.45) is 0. The molecule has 0 aromatic carbocycles. The van der Waals surface area contributed by atoms with Gasteiger partial charge in [0.05, 0.1) is 7.05 Å². The molecule has 0 bridgehead atoms. The van der Waals surface area contributed by atoms with Gasteiger partial charge < -0.3 is 10.2 Å². The van der Waals surface area contributed by atoms with Crippen LogP contribution in [0.4, 0.5) is 0 Å². The predicted molar refractivity (Wildman–Crippen MR) is 29.4 cm³/mol. The van der Waals surface area contributed by atoms with Crippen LogP contribution in [-0.2, 0) is 0 Å². The monoisotopic (exact) mass is 121 g/mol. The van der Waals surface area contributed by atoms with Gasteiger partial charge in [0.15, 0.2) is 13.5 Å². The largest absolute Gasteiger partial charge is 0.346 e. The number of nitrogens with one attached hydrogen (secondary N) is 1. The molecule has 0 saturated carbocycles. The van der Waals surface area contributed by atoms with Gasteiger partial charge in [-0.25, -0.2) is 4.59 Å². The first kappa shape index (κ1) is 7.84. The van der Waals surface area contributed by atoms with Gasteiger partial charge in [-0.1, -0.05) is 0 Å². The molecule has 0 aromatic heterocycles. The van der Waals surface area contributed by atoms with Crippen LogP contribution in [0.15, 0.2) is 0 Å². The highest BCUT2D eigenvalue weighted by molar-refractivity contribution is 4.04. The minimum absolute atomic E-state index is 0.0694. The third-order valence-corrected chi connectivity index (χ3v) is 1.16. The summed E-state index contributed by atoms with van der Waals surface area (Å²) in [4.78, 5) is 0. The molecule has 0 amide bonds. The zero-order valence-corrected chi connectivity index (χ0v) is 5.26. The average molecular weight is 121 g/mol. The SMILES string of the molecule is CN[N+](C)(CO)CO. The zero-order chi connectivity index (χ0) is 6.62. The molecule has 0 atom stereocenters. The van der Waals surface area contributed by atoms with E-state index in [2.05, 4.69) is 5.43 Å². The maximum Gasteiger partial charge on any atom is 0.199 e. The third kappa shape index (κ3) is 1.75. The fourth-order valence-electron chi connectivity index (χ4n) is 0.186. The van der Waals surface area contributed by atoms with Gasteiger partial charge in [-0.2, -0.15) is 5.43 Å². The quantitative estimate of drug-likeness (QED) is 0.241. The first-order valence-corrected chi connectivity index (χ1v) is 2.44. The Kier molecular flexibility index (Phi) is 2.93. The van der Waals surface area contributed by atoms with Crippen LogP contribution in [0.5, 0.6) is 0 Å². The molecule has 0 aromatic rings. The Balaban J connectivity index is 3.58. The number of aliphatic hydroxyl groups is 2. The van der Waals surface area contributed by atoms with E-state index in [4.69, 9.17) is 10.2 Å². The highest BCUT2D eigenvalue weighted by Gasteiger charge is 2.14. The van der Waals surface area contributed by atoms with Gasteiger partial charge in [0.1, 0.15) is 0 Å². The van der Waals surface area contributed by atoms with Crippen LogP contribution in [0.3, 0.4) is 0 Å². The summed E-state index contributed by atoms with van der Waals surface area (Å²) < 4.78 is 0.0694. The predicted octanol–water partition coefficient (Wildman–Crippen LogP) is -1.53. The second-order valence-corrected chi connectivity index (χ2v) is 1.90. The fraction of sp³-hybridized carbons (Fsp3) is 1.00. The standard InChI is InChI=1S/C4H13N2O2/c1-5-6(2,3-7)4-8/h5,7-8H,3-4H2,1-2H3/q+1. The first-order chi connectivity index (χ1) is 3.68. The number of hydrogen-bond donors (Lipinski definition) is 3. The molecule has 4 nitrogen and oxygen atoms in total. The second kappa shape index (κ2) is 2.99. The van der Waals surface area contributed by atoms with E-state index >= 15 is 0 Å². The van der Waals surface area contributed by atoms with Crippen molar-refractivity contribution in [1.29, 1.82) is 0 Å². The number of hydrogen-bond acceptors (Lipinski definition) is 3. The summed E-state index contributed by atoms with van der Waals surface area (Å²) in [5, 5.41) is 17.1. The van der Waals surface area contributed by atoms with Crippen molar-refractivity contribution < 1.29 is 14.8 Å².